The van der Waals surface area contributed by atoms with Gasteiger partial charge in [-0.15, -0.1) is 0 Å². The van der Waals surface area contributed by atoms with E-state index in [-0.39, 0.29) is 24.0 Å². The number of nitrogens with zero attached hydrogens (tertiary/aromatic N) is 1. The number of ketones is 1. The largest absolute Gasteiger partial charge is 0.464 e. The van der Waals surface area contributed by atoms with E-state index in [2.05, 4.69) is 44.3 Å². The van der Waals surface area contributed by atoms with Gasteiger partial charge in [-0.3, -0.25) is 9.59 Å². The number of hydrogen-bond acceptors (Lipinski definition) is 5. The zero-order chi connectivity index (χ0) is 23.0. The number of Topliss-reactive ketones (excluding diaryl/α,β-unsaturated/α-hetero) is 1. The van der Waals surface area contributed by atoms with Crippen molar-refractivity contribution in [2.75, 3.05) is 13.1 Å². The second kappa shape index (κ2) is 12.0. The first-order valence-corrected chi connectivity index (χ1v) is 11.7. The van der Waals surface area contributed by atoms with Crippen LogP contribution in [0.5, 0.6) is 0 Å². The zero-order valence-corrected chi connectivity index (χ0v) is 20.2. The maximum absolute atomic E-state index is 13.4. The average Bonchev–Trinajstić information content (AvgIpc) is 3.16. The third-order valence-corrected chi connectivity index (χ3v) is 5.46. The average molecular weight is 443 g/mol. The van der Waals surface area contributed by atoms with Crippen LogP contribution >= 0.6 is 11.9 Å². The molecule has 1 N–H and O–H groups in total. The maximum atomic E-state index is 13.4. The molecule has 0 aliphatic heterocycles. The van der Waals surface area contributed by atoms with E-state index >= 15 is 0 Å². The van der Waals surface area contributed by atoms with Crippen molar-refractivity contribution in [3.8, 4) is 11.8 Å². The summed E-state index contributed by atoms with van der Waals surface area (Å²) in [4.78, 5) is 28.2. The lowest BCUT2D eigenvalue weighted by atomic mass is 10.1. The van der Waals surface area contributed by atoms with Crippen LogP contribution in [0.15, 0.2) is 39.8 Å². The van der Waals surface area contributed by atoms with Crippen molar-refractivity contribution in [1.82, 2.24) is 9.62 Å². The van der Waals surface area contributed by atoms with Gasteiger partial charge in [0.25, 0.3) is 0 Å². The number of carbonyl (C=O) groups excluding carboxylic acids is 2. The number of benzene rings is 1. The Morgan fingerprint density at radius 3 is 2.35 bits per heavy atom. The molecule has 0 saturated heterocycles. The van der Waals surface area contributed by atoms with Crippen LogP contribution in [0.3, 0.4) is 0 Å². The van der Waals surface area contributed by atoms with Gasteiger partial charge in [0.05, 0.1) is 6.26 Å². The Labute approximate surface area is 190 Å². The van der Waals surface area contributed by atoms with Gasteiger partial charge in [0.1, 0.15) is 11.6 Å². The third-order valence-electron chi connectivity index (χ3n) is 4.57. The topological polar surface area (TPSA) is 62.6 Å². The summed E-state index contributed by atoms with van der Waals surface area (Å²) in [5.74, 6) is 6.13. The Bertz CT molecular complexity index is 927. The van der Waals surface area contributed by atoms with Crippen LogP contribution in [0.25, 0.3) is 11.0 Å². The molecular formula is C25H34N2O3S. The van der Waals surface area contributed by atoms with Gasteiger partial charge in [0.15, 0.2) is 0 Å². The summed E-state index contributed by atoms with van der Waals surface area (Å²) >= 11 is 1.40. The Morgan fingerprint density at radius 1 is 1.06 bits per heavy atom. The summed E-state index contributed by atoms with van der Waals surface area (Å²) in [5, 5.41) is 1.01. The summed E-state index contributed by atoms with van der Waals surface area (Å²) in [7, 11) is 0. The van der Waals surface area contributed by atoms with Crippen LogP contribution in [-0.4, -0.2) is 35.7 Å². The normalized spacial score (nSPS) is 12.3. The summed E-state index contributed by atoms with van der Waals surface area (Å²) in [5.41, 5.74) is 0.829. The Kier molecular flexibility index (Phi) is 9.67. The van der Waals surface area contributed by atoms with Crippen LogP contribution in [0.1, 0.15) is 48.0 Å². The smallest absolute Gasteiger partial charge is 0.241 e. The van der Waals surface area contributed by atoms with E-state index < -0.39 is 6.04 Å². The lowest BCUT2D eigenvalue weighted by Crippen LogP contribution is -2.47. The molecule has 168 valence electrons. The summed E-state index contributed by atoms with van der Waals surface area (Å²) < 4.78 is 8.70. The third kappa shape index (κ3) is 8.08. The predicted molar refractivity (Wildman–Crippen MR) is 127 cm³/mol. The van der Waals surface area contributed by atoms with Crippen molar-refractivity contribution in [3.63, 3.8) is 0 Å². The number of nitrogens with one attached hydrogen (secondary N) is 1. The molecule has 31 heavy (non-hydrogen) atoms. The van der Waals surface area contributed by atoms with Crippen LogP contribution in [0, 0.1) is 29.6 Å². The SMILES string of the molecule is CC(C)CN(CC(C)C)C(=O)C(CC#CC(=O)C(C)C)NSc1ccc2occc2c1. The number of amides is 1. The first kappa shape index (κ1) is 25.0. The Morgan fingerprint density at radius 2 is 1.74 bits per heavy atom. The van der Waals surface area contributed by atoms with Crippen LogP contribution in [0.4, 0.5) is 0 Å². The van der Waals surface area contributed by atoms with E-state index in [9.17, 15) is 9.59 Å². The molecule has 1 amide bonds. The van der Waals surface area contributed by atoms with Gasteiger partial charge in [-0.2, -0.15) is 0 Å². The Hall–Kier alpha value is -2.23. The van der Waals surface area contributed by atoms with Crippen molar-refractivity contribution in [2.24, 2.45) is 17.8 Å². The summed E-state index contributed by atoms with van der Waals surface area (Å²) in [6.07, 6.45) is 1.95. The molecule has 0 fully saturated rings. The molecule has 2 rings (SSSR count). The second-order valence-corrected chi connectivity index (χ2v) is 9.86. The Balaban J connectivity index is 2.18. The molecular weight excluding hydrogens is 408 g/mol. The molecule has 1 atom stereocenters. The van der Waals surface area contributed by atoms with Gasteiger partial charge in [-0.25, -0.2) is 4.72 Å². The summed E-state index contributed by atoms with van der Waals surface area (Å²) in [6, 6.07) is 7.31. The minimum Gasteiger partial charge on any atom is -0.464 e. The fourth-order valence-electron chi connectivity index (χ4n) is 3.07. The van der Waals surface area contributed by atoms with Crippen LogP contribution < -0.4 is 4.72 Å². The van der Waals surface area contributed by atoms with E-state index in [4.69, 9.17) is 4.42 Å². The summed E-state index contributed by atoms with van der Waals surface area (Å²) in [6.45, 7) is 13.5. The number of hydrogen-bond donors (Lipinski definition) is 1. The molecule has 0 radical (unpaired) electrons. The van der Waals surface area contributed by atoms with Gasteiger partial charge >= 0.3 is 0 Å². The first-order chi connectivity index (χ1) is 14.7. The lowest BCUT2D eigenvalue weighted by molar-refractivity contribution is -0.134. The molecule has 0 bridgehead atoms. The molecule has 0 saturated carbocycles. The monoisotopic (exact) mass is 442 g/mol. The highest BCUT2D eigenvalue weighted by molar-refractivity contribution is 7.97. The number of carbonyl (C=O) groups is 2. The van der Waals surface area contributed by atoms with Crippen LogP contribution in [0.2, 0.25) is 0 Å². The maximum Gasteiger partial charge on any atom is 0.241 e. The fraction of sp³-hybridized carbons (Fsp3) is 0.520. The molecule has 2 aromatic rings. The van der Waals surface area contributed by atoms with Gasteiger partial charge in [-0.1, -0.05) is 47.5 Å². The van der Waals surface area contributed by atoms with E-state index in [1.807, 2.05) is 43.0 Å². The van der Waals surface area contributed by atoms with Crippen molar-refractivity contribution in [1.29, 1.82) is 0 Å². The van der Waals surface area contributed by atoms with Gasteiger partial charge in [-0.05, 0) is 54.0 Å². The molecule has 1 unspecified atom stereocenters. The minimum atomic E-state index is -0.505. The highest BCUT2D eigenvalue weighted by Gasteiger charge is 2.25. The quantitative estimate of drug-likeness (QED) is 0.313. The standard InChI is InChI=1S/C25H34N2O3S/c1-17(2)15-27(16-18(3)4)25(29)22(8-7-9-23(28)19(5)6)26-31-21-10-11-24-20(14-21)12-13-30-24/h10-14,17-19,22,26H,8,15-16H2,1-6H3. The lowest BCUT2D eigenvalue weighted by Gasteiger charge is -2.30. The number of furan rings is 1. The number of fused-ring (bicyclic) bond motifs is 1. The zero-order valence-electron chi connectivity index (χ0n) is 19.4. The van der Waals surface area contributed by atoms with Gasteiger partial charge in [0.2, 0.25) is 11.7 Å². The molecule has 1 aromatic carbocycles. The molecule has 5 nitrogen and oxygen atoms in total. The second-order valence-electron chi connectivity index (χ2n) is 8.95. The predicted octanol–water partition coefficient (Wildman–Crippen LogP) is 5.16. The van der Waals surface area contributed by atoms with Gasteiger partial charge < -0.3 is 9.32 Å². The molecule has 1 aromatic heterocycles. The number of rotatable bonds is 10. The van der Waals surface area contributed by atoms with E-state index in [1.165, 1.54) is 11.9 Å². The molecule has 0 aliphatic rings. The van der Waals surface area contributed by atoms with Crippen molar-refractivity contribution >= 4 is 34.6 Å². The van der Waals surface area contributed by atoms with Crippen molar-refractivity contribution in [2.45, 2.75) is 58.9 Å². The molecule has 0 spiro atoms. The highest BCUT2D eigenvalue weighted by Crippen LogP contribution is 2.23. The van der Waals surface area contributed by atoms with E-state index in [0.29, 0.717) is 24.9 Å². The fourth-order valence-corrected chi connectivity index (χ4v) is 3.85. The molecule has 1 heterocycles. The van der Waals surface area contributed by atoms with Crippen molar-refractivity contribution in [3.05, 3.63) is 30.5 Å². The van der Waals surface area contributed by atoms with Gasteiger partial charge in [0, 0.05) is 35.7 Å². The molecule has 6 heteroatoms. The minimum absolute atomic E-state index is 0.0191. The van der Waals surface area contributed by atoms with Crippen molar-refractivity contribution < 1.29 is 14.0 Å². The first-order valence-electron chi connectivity index (χ1n) is 10.9. The molecule has 0 aliphatic carbocycles. The van der Waals surface area contributed by atoms with E-state index in [0.717, 1.165) is 15.9 Å². The van der Waals surface area contributed by atoms with Crippen LogP contribution in [-0.2, 0) is 9.59 Å². The highest BCUT2D eigenvalue weighted by atomic mass is 32.2. The van der Waals surface area contributed by atoms with E-state index in [1.54, 1.807) is 6.26 Å².